The Morgan fingerprint density at radius 2 is 1.93 bits per heavy atom. The van der Waals surface area contributed by atoms with Crippen molar-refractivity contribution in [3.63, 3.8) is 0 Å². The third kappa shape index (κ3) is 8.61. The Hall–Kier alpha value is -1.13. The van der Waals surface area contributed by atoms with Gasteiger partial charge in [0.15, 0.2) is 0 Å². The molecule has 0 aromatic heterocycles. The van der Waals surface area contributed by atoms with Crippen LogP contribution in [0.3, 0.4) is 0 Å². The number of rotatable bonds is 13. The van der Waals surface area contributed by atoms with E-state index in [0.29, 0.717) is 18.3 Å². The Balaban J connectivity index is 1.76. The fraction of sp³-hybridized carbons (Fsp3) is 0.783. The van der Waals surface area contributed by atoms with Crippen LogP contribution >= 0.6 is 0 Å². The van der Waals surface area contributed by atoms with Crippen molar-refractivity contribution < 1.29 is 20.1 Å². The van der Waals surface area contributed by atoms with Crippen molar-refractivity contribution in [1.82, 2.24) is 0 Å². The van der Waals surface area contributed by atoms with E-state index in [4.69, 9.17) is 5.11 Å². The second-order valence-electron chi connectivity index (χ2n) is 8.65. The SMILES string of the molecule is CCCCC(CC=C[C@H]1CC(O)C[C@@H]1CC=CCC(O)CC(=O)O)C1CC1. The molecule has 0 spiro atoms. The summed E-state index contributed by atoms with van der Waals surface area (Å²) in [5, 5.41) is 28.3. The lowest BCUT2D eigenvalue weighted by atomic mass is 9.89. The molecule has 4 nitrogen and oxygen atoms in total. The van der Waals surface area contributed by atoms with Crippen LogP contribution in [-0.2, 0) is 4.79 Å². The second kappa shape index (κ2) is 11.7. The number of carboxylic acids is 1. The van der Waals surface area contributed by atoms with Gasteiger partial charge >= 0.3 is 5.97 Å². The van der Waals surface area contributed by atoms with Crippen LogP contribution < -0.4 is 0 Å². The van der Waals surface area contributed by atoms with Crippen molar-refractivity contribution in [3.05, 3.63) is 24.3 Å². The van der Waals surface area contributed by atoms with Gasteiger partial charge in [-0.2, -0.15) is 0 Å². The van der Waals surface area contributed by atoms with Gasteiger partial charge in [-0.1, -0.05) is 44.1 Å². The van der Waals surface area contributed by atoms with E-state index < -0.39 is 12.1 Å². The van der Waals surface area contributed by atoms with Crippen LogP contribution in [0.25, 0.3) is 0 Å². The number of carboxylic acid groups (broad SMARTS) is 1. The van der Waals surface area contributed by atoms with E-state index in [0.717, 1.165) is 31.1 Å². The van der Waals surface area contributed by atoms with E-state index in [-0.39, 0.29) is 12.5 Å². The normalized spacial score (nSPS) is 28.2. The van der Waals surface area contributed by atoms with Gasteiger partial charge in [-0.15, -0.1) is 0 Å². The third-order valence-electron chi connectivity index (χ3n) is 6.19. The number of unbranched alkanes of at least 4 members (excludes halogenated alkanes) is 1. The summed E-state index contributed by atoms with van der Waals surface area (Å²) in [7, 11) is 0. The topological polar surface area (TPSA) is 77.8 Å². The summed E-state index contributed by atoms with van der Waals surface area (Å²) in [6.07, 6.45) is 18.3. The minimum absolute atomic E-state index is 0.210. The second-order valence-corrected chi connectivity index (χ2v) is 8.65. The predicted molar refractivity (Wildman–Crippen MR) is 108 cm³/mol. The van der Waals surface area contributed by atoms with E-state index in [1.165, 1.54) is 38.5 Å². The standard InChI is InChI=1S/C23H38O4/c1-2-3-7-17(18-12-13-18)9-6-10-20-15-22(25)14-19(20)8-4-5-11-21(24)16-23(26)27/h4-6,10,17-22,24-25H,2-3,7-9,11-16H2,1H3,(H,26,27)/t17?,19-,20-,21?,22?/m0/s1. The van der Waals surface area contributed by atoms with E-state index in [1.807, 2.05) is 12.2 Å². The van der Waals surface area contributed by atoms with Crippen molar-refractivity contribution in [2.24, 2.45) is 23.7 Å². The summed E-state index contributed by atoms with van der Waals surface area (Å²) < 4.78 is 0. The molecule has 0 radical (unpaired) electrons. The fourth-order valence-corrected chi connectivity index (χ4v) is 4.45. The molecule has 4 heteroatoms. The maximum absolute atomic E-state index is 10.6. The molecular weight excluding hydrogens is 340 g/mol. The van der Waals surface area contributed by atoms with Gasteiger partial charge in [-0.25, -0.2) is 0 Å². The first-order chi connectivity index (χ1) is 13.0. The first kappa shape index (κ1) is 22.2. The van der Waals surface area contributed by atoms with Gasteiger partial charge in [-0.05, 0) is 75.0 Å². The Kier molecular flexibility index (Phi) is 9.57. The molecule has 0 heterocycles. The van der Waals surface area contributed by atoms with Crippen molar-refractivity contribution in [1.29, 1.82) is 0 Å². The maximum Gasteiger partial charge on any atom is 0.305 e. The van der Waals surface area contributed by atoms with Gasteiger partial charge in [-0.3, -0.25) is 4.79 Å². The van der Waals surface area contributed by atoms with Crippen LogP contribution in [0.2, 0.25) is 0 Å². The van der Waals surface area contributed by atoms with E-state index in [2.05, 4.69) is 19.1 Å². The molecule has 2 fully saturated rings. The molecule has 0 aliphatic heterocycles. The Morgan fingerprint density at radius 3 is 2.59 bits per heavy atom. The fourth-order valence-electron chi connectivity index (χ4n) is 4.45. The largest absolute Gasteiger partial charge is 0.481 e. The number of hydrogen-bond donors (Lipinski definition) is 3. The molecule has 2 aliphatic carbocycles. The zero-order valence-electron chi connectivity index (χ0n) is 16.8. The minimum Gasteiger partial charge on any atom is -0.481 e. The first-order valence-electron chi connectivity index (χ1n) is 10.9. The quantitative estimate of drug-likeness (QED) is 0.406. The van der Waals surface area contributed by atoms with Gasteiger partial charge in [0.2, 0.25) is 0 Å². The average molecular weight is 379 g/mol. The number of allylic oxidation sites excluding steroid dienone is 3. The van der Waals surface area contributed by atoms with Crippen LogP contribution in [0, 0.1) is 23.7 Å². The van der Waals surface area contributed by atoms with Crippen LogP contribution in [0.5, 0.6) is 0 Å². The highest BCUT2D eigenvalue weighted by Crippen LogP contribution is 2.42. The number of carbonyl (C=O) groups is 1. The lowest BCUT2D eigenvalue weighted by Gasteiger charge is -2.16. The van der Waals surface area contributed by atoms with Crippen LogP contribution in [0.4, 0.5) is 0 Å². The number of aliphatic hydroxyl groups is 2. The smallest absolute Gasteiger partial charge is 0.305 e. The van der Waals surface area contributed by atoms with Crippen molar-refractivity contribution in [3.8, 4) is 0 Å². The predicted octanol–water partition coefficient (Wildman–Crippen LogP) is 4.71. The van der Waals surface area contributed by atoms with Gasteiger partial charge < -0.3 is 15.3 Å². The van der Waals surface area contributed by atoms with Crippen LogP contribution in [0.1, 0.15) is 77.6 Å². The molecule has 3 unspecified atom stereocenters. The van der Waals surface area contributed by atoms with Crippen LogP contribution in [-0.4, -0.2) is 33.5 Å². The summed E-state index contributed by atoms with van der Waals surface area (Å²) in [6, 6.07) is 0. The Bertz CT molecular complexity index is 495. The zero-order chi connectivity index (χ0) is 19.6. The molecule has 2 aliphatic rings. The maximum atomic E-state index is 10.6. The Morgan fingerprint density at radius 1 is 1.15 bits per heavy atom. The van der Waals surface area contributed by atoms with Crippen molar-refractivity contribution >= 4 is 5.97 Å². The minimum atomic E-state index is -0.969. The number of aliphatic carboxylic acids is 1. The highest BCUT2D eigenvalue weighted by Gasteiger charge is 2.32. The van der Waals surface area contributed by atoms with E-state index >= 15 is 0 Å². The molecule has 2 saturated carbocycles. The van der Waals surface area contributed by atoms with Gasteiger partial charge in [0.25, 0.3) is 0 Å². The average Bonchev–Trinajstić information content (AvgIpc) is 3.38. The number of aliphatic hydroxyl groups excluding tert-OH is 2. The zero-order valence-corrected chi connectivity index (χ0v) is 16.8. The van der Waals surface area contributed by atoms with Gasteiger partial charge in [0.1, 0.15) is 0 Å². The van der Waals surface area contributed by atoms with Crippen molar-refractivity contribution in [2.75, 3.05) is 0 Å². The molecule has 27 heavy (non-hydrogen) atoms. The molecule has 0 aromatic rings. The molecule has 0 amide bonds. The van der Waals surface area contributed by atoms with Crippen LogP contribution in [0.15, 0.2) is 24.3 Å². The van der Waals surface area contributed by atoms with Crippen molar-refractivity contribution in [2.45, 2.75) is 89.8 Å². The Labute approximate surface area is 164 Å². The molecule has 154 valence electrons. The van der Waals surface area contributed by atoms with Gasteiger partial charge in [0.05, 0.1) is 18.6 Å². The summed E-state index contributed by atoms with van der Waals surface area (Å²) in [5.41, 5.74) is 0. The molecule has 0 saturated heterocycles. The highest BCUT2D eigenvalue weighted by atomic mass is 16.4. The van der Waals surface area contributed by atoms with Gasteiger partial charge in [0, 0.05) is 0 Å². The molecule has 0 aromatic carbocycles. The summed E-state index contributed by atoms with van der Waals surface area (Å²) in [4.78, 5) is 10.6. The lowest BCUT2D eigenvalue weighted by molar-refractivity contribution is -0.139. The third-order valence-corrected chi connectivity index (χ3v) is 6.19. The summed E-state index contributed by atoms with van der Waals surface area (Å²) >= 11 is 0. The molecule has 0 bridgehead atoms. The molecule has 2 rings (SSSR count). The monoisotopic (exact) mass is 378 g/mol. The molecule has 5 atom stereocenters. The molecule has 3 N–H and O–H groups in total. The summed E-state index contributed by atoms with van der Waals surface area (Å²) in [5.74, 6) is 1.70. The summed E-state index contributed by atoms with van der Waals surface area (Å²) in [6.45, 7) is 2.26. The molecular formula is C23H38O4. The first-order valence-corrected chi connectivity index (χ1v) is 10.9. The highest BCUT2D eigenvalue weighted by molar-refractivity contribution is 5.67. The van der Waals surface area contributed by atoms with E-state index in [9.17, 15) is 15.0 Å². The number of hydrogen-bond acceptors (Lipinski definition) is 3. The van der Waals surface area contributed by atoms with E-state index in [1.54, 1.807) is 0 Å². The lowest BCUT2D eigenvalue weighted by Crippen LogP contribution is -2.11.